The maximum absolute atomic E-state index is 11.5. The van der Waals surface area contributed by atoms with E-state index in [1.165, 1.54) is 0 Å². The largest absolute Gasteiger partial charge is 0.449 e. The molecule has 1 saturated heterocycles. The summed E-state index contributed by atoms with van der Waals surface area (Å²) in [5.74, 6) is 0. The summed E-state index contributed by atoms with van der Waals surface area (Å²) in [6.45, 7) is 1.18. The Hall–Kier alpha value is -0.740. The van der Waals surface area contributed by atoms with Crippen molar-refractivity contribution in [3.05, 3.63) is 27.7 Å². The topological polar surface area (TPSA) is 29.5 Å². The molecule has 1 fully saturated rings. The van der Waals surface area contributed by atoms with Gasteiger partial charge in [0.05, 0.1) is 12.3 Å². The van der Waals surface area contributed by atoms with Gasteiger partial charge in [-0.1, -0.05) is 11.6 Å². The highest BCUT2D eigenvalue weighted by atomic mass is 79.9. The summed E-state index contributed by atoms with van der Waals surface area (Å²) in [5.41, 5.74) is 0.795. The van der Waals surface area contributed by atoms with Gasteiger partial charge in [-0.3, -0.25) is 4.90 Å². The van der Waals surface area contributed by atoms with E-state index in [4.69, 9.17) is 16.3 Å². The number of benzene rings is 1. The number of amides is 1. The van der Waals surface area contributed by atoms with Crippen LogP contribution in [0.3, 0.4) is 0 Å². The van der Waals surface area contributed by atoms with E-state index in [9.17, 15) is 4.79 Å². The van der Waals surface area contributed by atoms with Crippen molar-refractivity contribution in [2.75, 3.05) is 18.1 Å². The smallest absolute Gasteiger partial charge is 0.414 e. The van der Waals surface area contributed by atoms with E-state index in [0.717, 1.165) is 16.6 Å². The lowest BCUT2D eigenvalue weighted by molar-refractivity contribution is 0.140. The first-order valence-corrected chi connectivity index (χ1v) is 5.75. The van der Waals surface area contributed by atoms with Crippen LogP contribution in [0.25, 0.3) is 0 Å². The zero-order chi connectivity index (χ0) is 10.8. The second-order valence-electron chi connectivity index (χ2n) is 3.22. The Kier molecular flexibility index (Phi) is 3.17. The summed E-state index contributed by atoms with van der Waals surface area (Å²) in [6.07, 6.45) is 0.546. The quantitative estimate of drug-likeness (QED) is 0.793. The number of hydrogen-bond donors (Lipinski definition) is 0. The van der Waals surface area contributed by atoms with E-state index < -0.39 is 0 Å². The monoisotopic (exact) mass is 289 g/mol. The third-order valence-electron chi connectivity index (χ3n) is 2.17. The molecule has 1 aliphatic heterocycles. The van der Waals surface area contributed by atoms with E-state index in [0.29, 0.717) is 18.2 Å². The number of hydrogen-bond acceptors (Lipinski definition) is 2. The lowest BCUT2D eigenvalue weighted by Crippen LogP contribution is -2.37. The van der Waals surface area contributed by atoms with Crippen molar-refractivity contribution in [3.8, 4) is 0 Å². The first kappa shape index (κ1) is 10.8. The van der Waals surface area contributed by atoms with Crippen LogP contribution in [0.4, 0.5) is 10.5 Å². The van der Waals surface area contributed by atoms with Crippen molar-refractivity contribution in [1.82, 2.24) is 0 Å². The van der Waals surface area contributed by atoms with Crippen molar-refractivity contribution in [2.45, 2.75) is 6.42 Å². The number of carbonyl (C=O) groups is 1. The van der Waals surface area contributed by atoms with Crippen LogP contribution in [0.15, 0.2) is 22.7 Å². The molecule has 0 spiro atoms. The number of anilines is 1. The van der Waals surface area contributed by atoms with Crippen LogP contribution in [0.1, 0.15) is 6.42 Å². The third-order valence-corrected chi connectivity index (χ3v) is 3.04. The number of cyclic esters (lactones) is 1. The van der Waals surface area contributed by atoms with Gasteiger partial charge in [-0.15, -0.1) is 0 Å². The number of halogens is 2. The van der Waals surface area contributed by atoms with Crippen molar-refractivity contribution in [1.29, 1.82) is 0 Å². The second-order valence-corrected chi connectivity index (χ2v) is 4.51. The highest BCUT2D eigenvalue weighted by Gasteiger charge is 2.22. The molecule has 80 valence electrons. The maximum Gasteiger partial charge on any atom is 0.414 e. The minimum atomic E-state index is -0.302. The van der Waals surface area contributed by atoms with Gasteiger partial charge < -0.3 is 4.74 Å². The molecule has 5 heteroatoms. The fraction of sp³-hybridized carbons (Fsp3) is 0.300. The summed E-state index contributed by atoms with van der Waals surface area (Å²) in [4.78, 5) is 13.1. The van der Waals surface area contributed by atoms with Gasteiger partial charge in [-0.05, 0) is 40.5 Å². The molecule has 0 saturated carbocycles. The molecule has 1 heterocycles. The molecule has 1 aliphatic rings. The van der Waals surface area contributed by atoms with Crippen molar-refractivity contribution >= 4 is 39.3 Å². The lowest BCUT2D eigenvalue weighted by Gasteiger charge is -2.27. The fourth-order valence-corrected chi connectivity index (χ4v) is 2.37. The molecule has 2 rings (SSSR count). The molecule has 15 heavy (non-hydrogen) atoms. The fourth-order valence-electron chi connectivity index (χ4n) is 1.47. The Morgan fingerprint density at radius 3 is 2.93 bits per heavy atom. The molecule has 0 atom stereocenters. The third kappa shape index (κ3) is 2.26. The maximum atomic E-state index is 11.5. The molecule has 0 bridgehead atoms. The number of ether oxygens (including phenoxy) is 1. The Morgan fingerprint density at radius 2 is 2.27 bits per heavy atom. The van der Waals surface area contributed by atoms with Crippen LogP contribution in [0.5, 0.6) is 0 Å². The molecule has 0 radical (unpaired) electrons. The molecule has 0 aromatic heterocycles. The predicted molar refractivity (Wildman–Crippen MR) is 62.5 cm³/mol. The summed E-state index contributed by atoms with van der Waals surface area (Å²) in [7, 11) is 0. The van der Waals surface area contributed by atoms with Crippen LogP contribution >= 0.6 is 27.5 Å². The van der Waals surface area contributed by atoms with Crippen LogP contribution in [-0.4, -0.2) is 19.2 Å². The highest BCUT2D eigenvalue weighted by molar-refractivity contribution is 9.10. The molecular formula is C10H9BrClNO2. The van der Waals surface area contributed by atoms with E-state index >= 15 is 0 Å². The van der Waals surface area contributed by atoms with Crippen LogP contribution in [-0.2, 0) is 4.74 Å². The van der Waals surface area contributed by atoms with Crippen LogP contribution in [0, 0.1) is 0 Å². The van der Waals surface area contributed by atoms with Gasteiger partial charge in [0.2, 0.25) is 0 Å². The van der Waals surface area contributed by atoms with Gasteiger partial charge in [-0.2, -0.15) is 0 Å². The van der Waals surface area contributed by atoms with Gasteiger partial charge in [0.1, 0.15) is 0 Å². The Labute approximate surface area is 101 Å². The average Bonchev–Trinajstić information content (AvgIpc) is 2.20. The zero-order valence-corrected chi connectivity index (χ0v) is 10.2. The van der Waals surface area contributed by atoms with E-state index in [2.05, 4.69) is 15.9 Å². The number of rotatable bonds is 1. The van der Waals surface area contributed by atoms with E-state index in [1.807, 2.05) is 0 Å². The molecule has 3 nitrogen and oxygen atoms in total. The first-order chi connectivity index (χ1) is 7.18. The molecular weight excluding hydrogens is 281 g/mol. The molecule has 1 amide bonds. The molecule has 1 aromatic rings. The molecule has 0 N–H and O–H groups in total. The summed E-state index contributed by atoms with van der Waals surface area (Å²) in [5, 5.41) is 0.635. The lowest BCUT2D eigenvalue weighted by atomic mass is 10.2. The van der Waals surface area contributed by atoms with E-state index in [-0.39, 0.29) is 6.09 Å². The van der Waals surface area contributed by atoms with Crippen molar-refractivity contribution < 1.29 is 9.53 Å². The van der Waals surface area contributed by atoms with Gasteiger partial charge in [0, 0.05) is 16.0 Å². The van der Waals surface area contributed by atoms with Crippen LogP contribution < -0.4 is 4.90 Å². The minimum Gasteiger partial charge on any atom is -0.449 e. The zero-order valence-electron chi connectivity index (χ0n) is 7.87. The van der Waals surface area contributed by atoms with Crippen LogP contribution in [0.2, 0.25) is 5.02 Å². The standard InChI is InChI=1S/C10H9BrClNO2/c11-8-6-7(12)2-3-9(8)13-4-1-5-15-10(13)14/h2-3,6H,1,4-5H2. The minimum absolute atomic E-state index is 0.302. The molecule has 0 unspecified atom stereocenters. The summed E-state index contributed by atoms with van der Waals surface area (Å²) in [6, 6.07) is 5.32. The van der Waals surface area contributed by atoms with Gasteiger partial charge in [0.25, 0.3) is 0 Å². The molecule has 0 aliphatic carbocycles. The first-order valence-electron chi connectivity index (χ1n) is 4.58. The second kappa shape index (κ2) is 4.41. The Balaban J connectivity index is 2.31. The Morgan fingerprint density at radius 1 is 1.47 bits per heavy atom. The predicted octanol–water partition coefficient (Wildman–Crippen LogP) is 3.45. The number of carbonyl (C=O) groups excluding carboxylic acids is 1. The highest BCUT2D eigenvalue weighted by Crippen LogP contribution is 2.30. The summed E-state index contributed by atoms with van der Waals surface area (Å²) >= 11 is 9.20. The van der Waals surface area contributed by atoms with Crippen molar-refractivity contribution in [2.24, 2.45) is 0 Å². The Bertz CT molecular complexity index is 397. The normalized spacial score (nSPS) is 16.4. The van der Waals surface area contributed by atoms with Gasteiger partial charge in [-0.25, -0.2) is 4.79 Å². The molecule has 1 aromatic carbocycles. The summed E-state index contributed by atoms with van der Waals surface area (Å²) < 4.78 is 5.76. The van der Waals surface area contributed by atoms with E-state index in [1.54, 1.807) is 23.1 Å². The number of nitrogens with zero attached hydrogens (tertiary/aromatic N) is 1. The SMILES string of the molecule is O=C1OCCCN1c1ccc(Cl)cc1Br. The van der Waals surface area contributed by atoms with Gasteiger partial charge in [0.15, 0.2) is 0 Å². The average molecular weight is 291 g/mol. The van der Waals surface area contributed by atoms with Gasteiger partial charge >= 0.3 is 6.09 Å². The van der Waals surface area contributed by atoms with Crippen molar-refractivity contribution in [3.63, 3.8) is 0 Å².